The number of nitrogens with one attached hydrogen (secondary N) is 1. The Morgan fingerprint density at radius 3 is 2.50 bits per heavy atom. The van der Waals surface area contributed by atoms with Crippen LogP contribution in [0.2, 0.25) is 5.02 Å². The second-order valence-electron chi connectivity index (χ2n) is 5.93. The van der Waals surface area contributed by atoms with Crippen LogP contribution in [-0.2, 0) is 9.53 Å². The Morgan fingerprint density at radius 1 is 1.23 bits per heavy atom. The molecular weight excluding hydrogens is 302 g/mol. The van der Waals surface area contributed by atoms with Gasteiger partial charge in [-0.25, -0.2) is 4.79 Å². The van der Waals surface area contributed by atoms with Crippen LogP contribution in [0.4, 0.5) is 0 Å². The molecule has 0 aliphatic heterocycles. The third-order valence-corrected chi connectivity index (χ3v) is 4.42. The number of hydrogen-bond donors (Lipinski definition) is 1. The molecule has 0 unspecified atom stereocenters. The van der Waals surface area contributed by atoms with Gasteiger partial charge in [0.2, 0.25) is 0 Å². The van der Waals surface area contributed by atoms with Gasteiger partial charge in [-0.15, -0.1) is 0 Å². The van der Waals surface area contributed by atoms with E-state index in [0.717, 1.165) is 19.3 Å². The number of rotatable bonds is 4. The number of ether oxygens (including phenoxy) is 1. The van der Waals surface area contributed by atoms with E-state index in [9.17, 15) is 9.59 Å². The summed E-state index contributed by atoms with van der Waals surface area (Å²) in [5.41, 5.74) is 0.384. The summed E-state index contributed by atoms with van der Waals surface area (Å²) in [6, 6.07) is 6.58. The molecule has 120 valence electrons. The van der Waals surface area contributed by atoms with Gasteiger partial charge in [-0.1, -0.05) is 31.4 Å². The highest BCUT2D eigenvalue weighted by Gasteiger charge is 2.26. The Morgan fingerprint density at radius 2 is 1.86 bits per heavy atom. The number of halogens is 1. The summed E-state index contributed by atoms with van der Waals surface area (Å²) >= 11 is 5.78. The molecule has 1 amide bonds. The highest BCUT2D eigenvalue weighted by Crippen LogP contribution is 2.23. The van der Waals surface area contributed by atoms with E-state index in [1.165, 1.54) is 6.42 Å². The first kappa shape index (κ1) is 16.8. The number of carbonyl (C=O) groups is 2. The molecular formula is C17H22ClNO3. The van der Waals surface area contributed by atoms with Crippen LogP contribution in [-0.4, -0.2) is 24.0 Å². The monoisotopic (exact) mass is 323 g/mol. The van der Waals surface area contributed by atoms with Gasteiger partial charge in [-0.05, 0) is 49.9 Å². The fourth-order valence-corrected chi connectivity index (χ4v) is 2.82. The van der Waals surface area contributed by atoms with Crippen LogP contribution in [0, 0.1) is 5.92 Å². The van der Waals surface area contributed by atoms with Gasteiger partial charge in [0, 0.05) is 11.1 Å². The van der Waals surface area contributed by atoms with Crippen molar-refractivity contribution in [3.05, 3.63) is 34.9 Å². The van der Waals surface area contributed by atoms with Gasteiger partial charge in [0.25, 0.3) is 5.91 Å². The summed E-state index contributed by atoms with van der Waals surface area (Å²) in [6.07, 6.45) is 3.66. The van der Waals surface area contributed by atoms with E-state index in [2.05, 4.69) is 12.2 Å². The minimum Gasteiger partial charge on any atom is -0.449 e. The van der Waals surface area contributed by atoms with E-state index in [1.54, 1.807) is 31.2 Å². The molecule has 4 nitrogen and oxygen atoms in total. The van der Waals surface area contributed by atoms with E-state index in [0.29, 0.717) is 16.5 Å². The van der Waals surface area contributed by atoms with Crippen LogP contribution >= 0.6 is 11.6 Å². The highest BCUT2D eigenvalue weighted by molar-refractivity contribution is 6.30. The van der Waals surface area contributed by atoms with Crippen molar-refractivity contribution in [3.8, 4) is 0 Å². The normalized spacial score (nSPS) is 22.7. The Labute approximate surface area is 136 Å². The number of amides is 1. The lowest BCUT2D eigenvalue weighted by Gasteiger charge is -2.30. The van der Waals surface area contributed by atoms with Crippen LogP contribution in [0.3, 0.4) is 0 Å². The molecule has 1 aromatic carbocycles. The van der Waals surface area contributed by atoms with Crippen molar-refractivity contribution in [1.29, 1.82) is 0 Å². The Kier molecular flexibility index (Phi) is 5.83. The summed E-state index contributed by atoms with van der Waals surface area (Å²) in [7, 11) is 0. The van der Waals surface area contributed by atoms with Crippen molar-refractivity contribution < 1.29 is 14.3 Å². The molecule has 2 rings (SSSR count). The van der Waals surface area contributed by atoms with Crippen molar-refractivity contribution in [2.45, 2.75) is 51.7 Å². The minimum absolute atomic E-state index is 0.179. The Bertz CT molecular complexity index is 529. The van der Waals surface area contributed by atoms with E-state index < -0.39 is 12.1 Å². The van der Waals surface area contributed by atoms with E-state index >= 15 is 0 Å². The van der Waals surface area contributed by atoms with Crippen LogP contribution in [0.5, 0.6) is 0 Å². The molecule has 0 radical (unpaired) electrons. The standard InChI is InChI=1S/C17H22ClNO3/c1-11-5-3-4-6-15(11)19-16(20)12(2)22-17(21)13-7-9-14(18)10-8-13/h7-12,15H,3-6H2,1-2H3,(H,19,20)/t11-,12-,15+/m1/s1. The molecule has 1 fully saturated rings. The lowest BCUT2D eigenvalue weighted by atomic mass is 9.86. The SMILES string of the molecule is C[C@@H]1CCCC[C@@H]1NC(=O)[C@@H](C)OC(=O)c1ccc(Cl)cc1. The summed E-state index contributed by atoms with van der Waals surface area (Å²) in [5.74, 6) is -0.283. The van der Waals surface area contributed by atoms with Crippen molar-refractivity contribution in [2.24, 2.45) is 5.92 Å². The lowest BCUT2D eigenvalue weighted by molar-refractivity contribution is -0.130. The molecule has 0 bridgehead atoms. The molecule has 0 spiro atoms. The van der Waals surface area contributed by atoms with Crippen LogP contribution < -0.4 is 5.32 Å². The molecule has 3 atom stereocenters. The predicted octanol–water partition coefficient (Wildman–Crippen LogP) is 3.58. The second kappa shape index (κ2) is 7.63. The van der Waals surface area contributed by atoms with Gasteiger partial charge in [-0.2, -0.15) is 0 Å². The first-order valence-corrected chi connectivity index (χ1v) is 8.12. The quantitative estimate of drug-likeness (QED) is 0.862. The van der Waals surface area contributed by atoms with E-state index in [-0.39, 0.29) is 11.9 Å². The first-order valence-electron chi connectivity index (χ1n) is 7.74. The third kappa shape index (κ3) is 4.47. The fourth-order valence-electron chi connectivity index (χ4n) is 2.70. The maximum Gasteiger partial charge on any atom is 0.338 e. The average molecular weight is 324 g/mol. The van der Waals surface area contributed by atoms with Gasteiger partial charge < -0.3 is 10.1 Å². The highest BCUT2D eigenvalue weighted by atomic mass is 35.5. The smallest absolute Gasteiger partial charge is 0.338 e. The fraction of sp³-hybridized carbons (Fsp3) is 0.529. The second-order valence-corrected chi connectivity index (χ2v) is 6.37. The number of benzene rings is 1. The first-order chi connectivity index (χ1) is 10.5. The van der Waals surface area contributed by atoms with Crippen molar-refractivity contribution >= 4 is 23.5 Å². The molecule has 0 saturated heterocycles. The molecule has 5 heteroatoms. The average Bonchev–Trinajstić information content (AvgIpc) is 2.50. The molecule has 1 aliphatic rings. The predicted molar refractivity (Wildman–Crippen MR) is 85.9 cm³/mol. The van der Waals surface area contributed by atoms with Crippen molar-refractivity contribution in [2.75, 3.05) is 0 Å². The molecule has 0 aromatic heterocycles. The van der Waals surface area contributed by atoms with Crippen molar-refractivity contribution in [1.82, 2.24) is 5.32 Å². The molecule has 1 aliphatic carbocycles. The summed E-state index contributed by atoms with van der Waals surface area (Å²) < 4.78 is 5.22. The summed E-state index contributed by atoms with van der Waals surface area (Å²) in [6.45, 7) is 3.74. The number of esters is 1. The molecule has 22 heavy (non-hydrogen) atoms. The lowest BCUT2D eigenvalue weighted by Crippen LogP contribution is -2.45. The summed E-state index contributed by atoms with van der Waals surface area (Å²) in [4.78, 5) is 24.2. The molecule has 1 saturated carbocycles. The molecule has 1 aromatic rings. The zero-order valence-electron chi connectivity index (χ0n) is 13.0. The zero-order chi connectivity index (χ0) is 16.1. The van der Waals surface area contributed by atoms with Crippen LogP contribution in [0.1, 0.15) is 49.9 Å². The van der Waals surface area contributed by atoms with Gasteiger partial charge in [0.05, 0.1) is 5.56 Å². The third-order valence-electron chi connectivity index (χ3n) is 4.17. The largest absolute Gasteiger partial charge is 0.449 e. The molecule has 1 N–H and O–H groups in total. The number of hydrogen-bond acceptors (Lipinski definition) is 3. The maximum absolute atomic E-state index is 12.2. The maximum atomic E-state index is 12.2. The van der Waals surface area contributed by atoms with Crippen LogP contribution in [0.25, 0.3) is 0 Å². The minimum atomic E-state index is -0.808. The Balaban J connectivity index is 1.87. The number of carbonyl (C=O) groups excluding carboxylic acids is 2. The topological polar surface area (TPSA) is 55.4 Å². The zero-order valence-corrected chi connectivity index (χ0v) is 13.7. The van der Waals surface area contributed by atoms with Gasteiger partial charge >= 0.3 is 5.97 Å². The van der Waals surface area contributed by atoms with Crippen molar-refractivity contribution in [3.63, 3.8) is 0 Å². The Hall–Kier alpha value is -1.55. The van der Waals surface area contributed by atoms with Gasteiger partial charge in [-0.3, -0.25) is 4.79 Å². The van der Waals surface area contributed by atoms with E-state index in [4.69, 9.17) is 16.3 Å². The van der Waals surface area contributed by atoms with Gasteiger partial charge in [0.15, 0.2) is 6.10 Å². The molecule has 0 heterocycles. The summed E-state index contributed by atoms with van der Waals surface area (Å²) in [5, 5.41) is 3.55. The van der Waals surface area contributed by atoms with Crippen LogP contribution in [0.15, 0.2) is 24.3 Å². The van der Waals surface area contributed by atoms with E-state index in [1.807, 2.05) is 0 Å². The van der Waals surface area contributed by atoms with Gasteiger partial charge in [0.1, 0.15) is 0 Å².